The van der Waals surface area contributed by atoms with Crippen molar-refractivity contribution in [2.75, 3.05) is 0 Å². The van der Waals surface area contributed by atoms with Crippen molar-refractivity contribution in [1.29, 1.82) is 0 Å². The van der Waals surface area contributed by atoms with E-state index in [4.69, 9.17) is 9.52 Å². The second-order valence-corrected chi connectivity index (χ2v) is 5.10. The molecule has 0 fully saturated rings. The van der Waals surface area contributed by atoms with Gasteiger partial charge in [-0.25, -0.2) is 14.8 Å². The van der Waals surface area contributed by atoms with Gasteiger partial charge in [-0.05, 0) is 38.5 Å². The van der Waals surface area contributed by atoms with Gasteiger partial charge in [-0.15, -0.1) is 0 Å². The molecule has 0 radical (unpaired) electrons. The predicted octanol–water partition coefficient (Wildman–Crippen LogP) is 2.99. The fourth-order valence-electron chi connectivity index (χ4n) is 1.51. The second kappa shape index (κ2) is 5.44. The van der Waals surface area contributed by atoms with E-state index in [0.29, 0.717) is 16.7 Å². The first kappa shape index (κ1) is 13.6. The maximum atomic E-state index is 10.7. The molecule has 0 unspecified atom stereocenters. The summed E-state index contributed by atoms with van der Waals surface area (Å²) in [4.78, 5) is 19.5. The number of carboxylic acids is 1. The third-order valence-electron chi connectivity index (χ3n) is 2.83. The molecule has 0 saturated carbocycles. The number of hydrogen-bond acceptors (Lipinski definition) is 5. The molecule has 6 heteroatoms. The third kappa shape index (κ3) is 3.14. The summed E-state index contributed by atoms with van der Waals surface area (Å²) >= 11 is 1.43. The standard InChI is InChI=1S/C13H14N2O3S/c1-7-8(2)14-13(15-9(7)3)19-6-10-4-5-11(18-10)12(16)17/h4-5H,6H2,1-3H3,(H,16,17). The number of thioether (sulfide) groups is 1. The molecule has 0 bridgehead atoms. The molecule has 0 saturated heterocycles. The molecule has 2 heterocycles. The molecule has 5 nitrogen and oxygen atoms in total. The van der Waals surface area contributed by atoms with Crippen LogP contribution < -0.4 is 0 Å². The molecule has 0 aliphatic rings. The minimum Gasteiger partial charge on any atom is -0.475 e. The van der Waals surface area contributed by atoms with Gasteiger partial charge in [0.05, 0.1) is 5.75 Å². The Morgan fingerprint density at radius 2 is 1.89 bits per heavy atom. The van der Waals surface area contributed by atoms with Crippen LogP contribution in [-0.4, -0.2) is 21.0 Å². The predicted molar refractivity (Wildman–Crippen MR) is 71.5 cm³/mol. The Morgan fingerprint density at radius 3 is 2.42 bits per heavy atom. The summed E-state index contributed by atoms with van der Waals surface area (Å²) in [5, 5.41) is 9.44. The Labute approximate surface area is 115 Å². The molecule has 19 heavy (non-hydrogen) atoms. The van der Waals surface area contributed by atoms with Crippen LogP contribution in [0, 0.1) is 20.8 Å². The van der Waals surface area contributed by atoms with Crippen LogP contribution in [0.2, 0.25) is 0 Å². The fourth-order valence-corrected chi connectivity index (χ4v) is 2.34. The van der Waals surface area contributed by atoms with Crippen molar-refractivity contribution in [1.82, 2.24) is 9.97 Å². The zero-order chi connectivity index (χ0) is 14.0. The van der Waals surface area contributed by atoms with Crippen molar-refractivity contribution in [3.8, 4) is 0 Å². The van der Waals surface area contributed by atoms with Gasteiger partial charge >= 0.3 is 5.97 Å². The van der Waals surface area contributed by atoms with E-state index in [2.05, 4.69) is 9.97 Å². The van der Waals surface area contributed by atoms with Crippen LogP contribution in [0.15, 0.2) is 21.7 Å². The summed E-state index contributed by atoms with van der Waals surface area (Å²) in [5.74, 6) is -0.000860. The Kier molecular flexibility index (Phi) is 3.90. The quantitative estimate of drug-likeness (QED) is 0.684. The van der Waals surface area contributed by atoms with Crippen molar-refractivity contribution < 1.29 is 14.3 Å². The molecule has 0 aliphatic carbocycles. The number of furan rings is 1. The monoisotopic (exact) mass is 278 g/mol. The lowest BCUT2D eigenvalue weighted by molar-refractivity contribution is 0.0661. The van der Waals surface area contributed by atoms with Gasteiger partial charge < -0.3 is 9.52 Å². The largest absolute Gasteiger partial charge is 0.475 e. The zero-order valence-electron chi connectivity index (χ0n) is 10.9. The number of aromatic carboxylic acids is 1. The average Bonchev–Trinajstić information content (AvgIpc) is 2.82. The van der Waals surface area contributed by atoms with E-state index in [0.717, 1.165) is 17.0 Å². The number of rotatable bonds is 4. The van der Waals surface area contributed by atoms with Gasteiger partial charge in [-0.3, -0.25) is 0 Å². The van der Waals surface area contributed by atoms with Gasteiger partial charge in [0.25, 0.3) is 0 Å². The normalized spacial score (nSPS) is 10.7. The molecule has 0 atom stereocenters. The van der Waals surface area contributed by atoms with E-state index in [1.54, 1.807) is 6.07 Å². The SMILES string of the molecule is Cc1nc(SCc2ccc(C(=O)O)o2)nc(C)c1C. The number of hydrogen-bond donors (Lipinski definition) is 1. The molecule has 0 spiro atoms. The van der Waals surface area contributed by atoms with Gasteiger partial charge in [0.1, 0.15) is 5.76 Å². The second-order valence-electron chi connectivity index (χ2n) is 4.16. The van der Waals surface area contributed by atoms with Crippen LogP contribution >= 0.6 is 11.8 Å². The average molecular weight is 278 g/mol. The Bertz CT molecular complexity index is 599. The van der Waals surface area contributed by atoms with Crippen LogP contribution in [0.25, 0.3) is 0 Å². The van der Waals surface area contributed by atoms with Gasteiger partial charge in [0.2, 0.25) is 5.76 Å². The van der Waals surface area contributed by atoms with Gasteiger partial charge in [-0.1, -0.05) is 11.8 Å². The molecule has 0 aromatic carbocycles. The Hall–Kier alpha value is -1.82. The van der Waals surface area contributed by atoms with Gasteiger partial charge in [0, 0.05) is 11.4 Å². The summed E-state index contributed by atoms with van der Waals surface area (Å²) in [6.45, 7) is 5.89. The molecule has 2 aromatic heterocycles. The van der Waals surface area contributed by atoms with Crippen LogP contribution in [0.3, 0.4) is 0 Å². The van der Waals surface area contributed by atoms with Crippen molar-refractivity contribution in [3.05, 3.63) is 40.6 Å². The highest BCUT2D eigenvalue weighted by Gasteiger charge is 2.10. The number of nitrogens with zero attached hydrogens (tertiary/aromatic N) is 2. The number of carbonyl (C=O) groups is 1. The lowest BCUT2D eigenvalue weighted by Gasteiger charge is -2.05. The van der Waals surface area contributed by atoms with E-state index in [9.17, 15) is 4.79 Å². The van der Waals surface area contributed by atoms with E-state index in [1.807, 2.05) is 20.8 Å². The van der Waals surface area contributed by atoms with Crippen LogP contribution in [0.1, 0.15) is 33.3 Å². The molecule has 2 aromatic rings. The van der Waals surface area contributed by atoms with Crippen LogP contribution in [0.4, 0.5) is 0 Å². The van der Waals surface area contributed by atoms with Crippen molar-refractivity contribution in [2.24, 2.45) is 0 Å². The number of aryl methyl sites for hydroxylation is 2. The highest BCUT2D eigenvalue weighted by Crippen LogP contribution is 2.22. The first-order chi connectivity index (χ1) is 8.97. The molecule has 1 N–H and O–H groups in total. The Morgan fingerprint density at radius 1 is 1.26 bits per heavy atom. The van der Waals surface area contributed by atoms with Gasteiger partial charge in [-0.2, -0.15) is 0 Å². The fraction of sp³-hybridized carbons (Fsp3) is 0.308. The summed E-state index contributed by atoms with van der Waals surface area (Å²) in [7, 11) is 0. The summed E-state index contributed by atoms with van der Waals surface area (Å²) < 4.78 is 5.18. The van der Waals surface area contributed by atoms with E-state index in [1.165, 1.54) is 17.8 Å². The Balaban J connectivity index is 2.08. The molecule has 0 aliphatic heterocycles. The van der Waals surface area contributed by atoms with E-state index >= 15 is 0 Å². The molecule has 0 amide bonds. The third-order valence-corrected chi connectivity index (χ3v) is 3.70. The highest BCUT2D eigenvalue weighted by atomic mass is 32.2. The topological polar surface area (TPSA) is 76.2 Å². The van der Waals surface area contributed by atoms with Crippen molar-refractivity contribution in [3.63, 3.8) is 0 Å². The smallest absolute Gasteiger partial charge is 0.371 e. The first-order valence-corrected chi connectivity index (χ1v) is 6.72. The van der Waals surface area contributed by atoms with Crippen molar-refractivity contribution in [2.45, 2.75) is 31.7 Å². The lowest BCUT2D eigenvalue weighted by atomic mass is 10.2. The molecule has 2 rings (SSSR count). The maximum Gasteiger partial charge on any atom is 0.371 e. The van der Waals surface area contributed by atoms with Gasteiger partial charge in [0.15, 0.2) is 5.16 Å². The minimum atomic E-state index is -1.06. The molecular formula is C13H14N2O3S. The van der Waals surface area contributed by atoms with E-state index < -0.39 is 5.97 Å². The number of carboxylic acid groups (broad SMARTS) is 1. The first-order valence-electron chi connectivity index (χ1n) is 5.74. The molecular weight excluding hydrogens is 264 g/mol. The minimum absolute atomic E-state index is 0.0483. The molecule has 100 valence electrons. The van der Waals surface area contributed by atoms with E-state index in [-0.39, 0.29) is 5.76 Å². The van der Waals surface area contributed by atoms with Crippen LogP contribution in [-0.2, 0) is 5.75 Å². The van der Waals surface area contributed by atoms with Crippen molar-refractivity contribution >= 4 is 17.7 Å². The summed E-state index contributed by atoms with van der Waals surface area (Å²) in [6.07, 6.45) is 0. The summed E-state index contributed by atoms with van der Waals surface area (Å²) in [6, 6.07) is 3.11. The highest BCUT2D eigenvalue weighted by molar-refractivity contribution is 7.98. The lowest BCUT2D eigenvalue weighted by Crippen LogP contribution is -1.98. The zero-order valence-corrected chi connectivity index (χ0v) is 11.7. The number of aromatic nitrogens is 2. The summed E-state index contributed by atoms with van der Waals surface area (Å²) in [5.41, 5.74) is 3.01. The van der Waals surface area contributed by atoms with Crippen LogP contribution in [0.5, 0.6) is 0 Å². The maximum absolute atomic E-state index is 10.7.